The largest absolute Gasteiger partial charge is 0.418 e. The van der Waals surface area contributed by atoms with Crippen LogP contribution in [0.15, 0.2) is 30.9 Å². The molecule has 9 nitrogen and oxygen atoms in total. The topological polar surface area (TPSA) is 130 Å². The molecule has 2 amide bonds. The fraction of sp³-hybridized carbons (Fsp3) is 0.200. The van der Waals surface area contributed by atoms with Gasteiger partial charge in [-0.2, -0.15) is 13.2 Å². The van der Waals surface area contributed by atoms with Crippen molar-refractivity contribution in [2.24, 2.45) is 0 Å². The average molecular weight is 511 g/mol. The number of rotatable bonds is 5. The van der Waals surface area contributed by atoms with Crippen LogP contribution in [0.4, 0.5) is 19.0 Å². The highest BCUT2D eigenvalue weighted by Gasteiger charge is 2.34. The van der Waals surface area contributed by atoms with Crippen molar-refractivity contribution in [1.29, 1.82) is 0 Å². The number of nitrogens with one attached hydrogen (secondary N) is 2. The van der Waals surface area contributed by atoms with Gasteiger partial charge in [-0.3, -0.25) is 9.59 Å². The second-order valence-electron chi connectivity index (χ2n) is 6.51. The van der Waals surface area contributed by atoms with E-state index in [1.54, 1.807) is 6.92 Å². The number of aliphatic hydroxyl groups is 1. The van der Waals surface area contributed by atoms with Crippen molar-refractivity contribution in [2.75, 3.05) is 11.9 Å². The molecule has 0 saturated carbocycles. The van der Waals surface area contributed by atoms with E-state index in [1.165, 1.54) is 12.3 Å². The van der Waals surface area contributed by atoms with Crippen molar-refractivity contribution in [2.45, 2.75) is 19.1 Å². The highest BCUT2D eigenvalue weighted by atomic mass is 35.5. The van der Waals surface area contributed by atoms with Gasteiger partial charge in [-0.25, -0.2) is 19.9 Å². The molecular weight excluding hydrogens is 497 g/mol. The third kappa shape index (κ3) is 6.25. The van der Waals surface area contributed by atoms with Gasteiger partial charge in [0.05, 0.1) is 22.8 Å². The van der Waals surface area contributed by atoms with Gasteiger partial charge in [0.15, 0.2) is 0 Å². The second-order valence-corrected chi connectivity index (χ2v) is 7.98. The van der Waals surface area contributed by atoms with Gasteiger partial charge in [-0.05, 0) is 18.9 Å². The number of halogens is 4. The molecule has 1 unspecified atom stereocenters. The van der Waals surface area contributed by atoms with Crippen LogP contribution in [0.2, 0.25) is 5.02 Å². The minimum atomic E-state index is -4.71. The van der Waals surface area contributed by atoms with Crippen LogP contribution in [0.5, 0.6) is 0 Å². The minimum Gasteiger partial charge on any atom is -0.384 e. The van der Waals surface area contributed by atoms with Gasteiger partial charge in [0.2, 0.25) is 0 Å². The first-order chi connectivity index (χ1) is 16.1. The second kappa shape index (κ2) is 10.6. The number of hydrogen-bond acceptors (Lipinski definition) is 8. The van der Waals surface area contributed by atoms with Crippen molar-refractivity contribution >= 4 is 40.6 Å². The third-order valence-corrected chi connectivity index (χ3v) is 5.54. The molecule has 0 aliphatic rings. The van der Waals surface area contributed by atoms with Gasteiger partial charge in [-0.15, -0.1) is 11.3 Å². The number of carbonyl (C=O) groups is 2. The molecule has 0 fully saturated rings. The van der Waals surface area contributed by atoms with Crippen LogP contribution in [-0.4, -0.2) is 43.5 Å². The van der Waals surface area contributed by atoms with Crippen LogP contribution < -0.4 is 10.6 Å². The quantitative estimate of drug-likeness (QED) is 0.450. The number of alkyl halides is 3. The molecule has 14 heteroatoms. The number of pyridine rings is 1. The molecule has 34 heavy (non-hydrogen) atoms. The first-order valence-electron chi connectivity index (χ1n) is 9.31. The molecule has 0 aromatic carbocycles. The van der Waals surface area contributed by atoms with Gasteiger partial charge in [0, 0.05) is 12.3 Å². The summed E-state index contributed by atoms with van der Waals surface area (Å²) in [4.78, 5) is 40.5. The number of aliphatic hydroxyl groups excluding tert-OH is 1. The molecule has 176 valence electrons. The molecule has 1 atom stereocenters. The molecule has 3 aromatic heterocycles. The maximum absolute atomic E-state index is 13.0. The predicted molar refractivity (Wildman–Crippen MR) is 116 cm³/mol. The summed E-state index contributed by atoms with van der Waals surface area (Å²) in [5.41, 5.74) is -0.844. The van der Waals surface area contributed by atoms with E-state index >= 15 is 0 Å². The number of thiazole rings is 1. The summed E-state index contributed by atoms with van der Waals surface area (Å²) < 4.78 is 39.0. The van der Waals surface area contributed by atoms with Gasteiger partial charge in [0.25, 0.3) is 11.8 Å². The van der Waals surface area contributed by atoms with E-state index in [0.717, 1.165) is 23.9 Å². The zero-order valence-corrected chi connectivity index (χ0v) is 18.7. The molecule has 3 rings (SSSR count). The Morgan fingerprint density at radius 1 is 1.18 bits per heavy atom. The molecule has 3 aromatic rings. The van der Waals surface area contributed by atoms with E-state index < -0.39 is 34.6 Å². The molecule has 0 saturated heterocycles. The maximum Gasteiger partial charge on any atom is 0.418 e. The van der Waals surface area contributed by atoms with Crippen molar-refractivity contribution < 1.29 is 27.9 Å². The number of hydrogen-bond donors (Lipinski definition) is 3. The smallest absolute Gasteiger partial charge is 0.384 e. The van der Waals surface area contributed by atoms with E-state index in [0.29, 0.717) is 11.1 Å². The average Bonchev–Trinajstić information content (AvgIpc) is 3.29. The van der Waals surface area contributed by atoms with Crippen LogP contribution >= 0.6 is 22.9 Å². The van der Waals surface area contributed by atoms with Crippen molar-refractivity contribution in [3.63, 3.8) is 0 Å². The molecule has 3 heterocycles. The first kappa shape index (κ1) is 25.0. The summed E-state index contributed by atoms with van der Waals surface area (Å²) >= 11 is 6.46. The SMILES string of the molecule is CC(NC(=O)c1cc(C#CCO)ncn1)c1ncc(C(=O)Nc2cc(C(F)(F)F)c(Cl)cn2)s1. The first-order valence-corrected chi connectivity index (χ1v) is 10.5. The maximum atomic E-state index is 13.0. The molecule has 0 bridgehead atoms. The number of aromatic nitrogens is 4. The lowest BCUT2D eigenvalue weighted by atomic mass is 10.2. The van der Waals surface area contributed by atoms with E-state index in [-0.39, 0.29) is 28.7 Å². The fourth-order valence-corrected chi connectivity index (χ4v) is 3.53. The van der Waals surface area contributed by atoms with Gasteiger partial charge in [0.1, 0.15) is 40.0 Å². The monoisotopic (exact) mass is 510 g/mol. The Morgan fingerprint density at radius 2 is 1.94 bits per heavy atom. The highest BCUT2D eigenvalue weighted by molar-refractivity contribution is 7.13. The van der Waals surface area contributed by atoms with Crippen LogP contribution in [0, 0.1) is 11.8 Å². The fourth-order valence-electron chi connectivity index (χ4n) is 2.51. The predicted octanol–water partition coefficient (Wildman–Crippen LogP) is 3.09. The van der Waals surface area contributed by atoms with Crippen molar-refractivity contribution in [3.8, 4) is 11.8 Å². The minimum absolute atomic E-state index is 0.0351. The van der Waals surface area contributed by atoms with Crippen LogP contribution in [0.1, 0.15) is 49.4 Å². The highest BCUT2D eigenvalue weighted by Crippen LogP contribution is 2.35. The van der Waals surface area contributed by atoms with Gasteiger partial charge < -0.3 is 15.7 Å². The summed E-state index contributed by atoms with van der Waals surface area (Å²) in [6.45, 7) is 1.27. The van der Waals surface area contributed by atoms with Crippen LogP contribution in [-0.2, 0) is 6.18 Å². The summed E-state index contributed by atoms with van der Waals surface area (Å²) in [5.74, 6) is 3.37. The van der Waals surface area contributed by atoms with E-state index in [4.69, 9.17) is 16.7 Å². The number of anilines is 1. The standard InChI is InChI=1S/C20H14ClF3N6O3S/c1-10(29-17(32)14-5-11(3-2-4-31)27-9-28-14)19-26-8-15(34-19)18(33)30-16-6-12(20(22,23)24)13(21)7-25-16/h5-10,31H,4H2,1H3,(H,29,32)(H,25,30,33). The van der Waals surface area contributed by atoms with Gasteiger partial charge >= 0.3 is 6.18 Å². The van der Waals surface area contributed by atoms with Crippen LogP contribution in [0.25, 0.3) is 0 Å². The number of carbonyl (C=O) groups excluding carboxylic acids is 2. The zero-order valence-electron chi connectivity index (χ0n) is 17.1. The molecule has 3 N–H and O–H groups in total. The van der Waals surface area contributed by atoms with Crippen LogP contribution in [0.3, 0.4) is 0 Å². The molecular formula is C20H14ClF3N6O3S. The molecule has 0 radical (unpaired) electrons. The summed E-state index contributed by atoms with van der Waals surface area (Å²) in [5, 5.41) is 13.5. The van der Waals surface area contributed by atoms with E-state index in [9.17, 15) is 22.8 Å². The summed E-state index contributed by atoms with van der Waals surface area (Å²) in [7, 11) is 0. The molecule has 0 aliphatic heterocycles. The Morgan fingerprint density at radius 3 is 2.65 bits per heavy atom. The molecule has 0 aliphatic carbocycles. The summed E-state index contributed by atoms with van der Waals surface area (Å²) in [6, 6.07) is 1.36. The molecule has 0 spiro atoms. The lowest BCUT2D eigenvalue weighted by Gasteiger charge is -2.11. The van der Waals surface area contributed by atoms with Crippen molar-refractivity contribution in [1.82, 2.24) is 25.3 Å². The van der Waals surface area contributed by atoms with Crippen molar-refractivity contribution in [3.05, 3.63) is 62.7 Å². The van der Waals surface area contributed by atoms with E-state index in [2.05, 4.69) is 42.4 Å². The Kier molecular flexibility index (Phi) is 7.77. The lowest BCUT2D eigenvalue weighted by Crippen LogP contribution is -2.27. The Hall–Kier alpha value is -3.60. The zero-order chi connectivity index (χ0) is 24.9. The Bertz CT molecular complexity index is 1290. The Balaban J connectivity index is 1.68. The third-order valence-electron chi connectivity index (χ3n) is 4.06. The summed E-state index contributed by atoms with van der Waals surface area (Å²) in [6.07, 6.45) is -1.53. The number of nitrogens with zero attached hydrogens (tertiary/aromatic N) is 4. The Labute approximate surface area is 199 Å². The van der Waals surface area contributed by atoms with E-state index in [1.807, 2.05) is 0 Å². The lowest BCUT2D eigenvalue weighted by molar-refractivity contribution is -0.137. The normalized spacial score (nSPS) is 11.8. The van der Waals surface area contributed by atoms with Gasteiger partial charge in [-0.1, -0.05) is 17.5 Å². The number of amides is 2.